The van der Waals surface area contributed by atoms with Gasteiger partial charge < -0.3 is 10.1 Å². The van der Waals surface area contributed by atoms with Gasteiger partial charge in [-0.15, -0.1) is 0 Å². The van der Waals surface area contributed by atoms with Gasteiger partial charge in [0.05, 0.1) is 10.6 Å². The van der Waals surface area contributed by atoms with Crippen molar-refractivity contribution in [2.45, 2.75) is 13.3 Å². The average Bonchev–Trinajstić information content (AvgIpc) is 3.12. The van der Waals surface area contributed by atoms with Crippen molar-refractivity contribution < 1.29 is 14.3 Å². The minimum atomic E-state index is -0.237. The molecule has 0 bridgehead atoms. The normalized spacial score (nSPS) is 14.5. The van der Waals surface area contributed by atoms with Crippen LogP contribution in [0.1, 0.15) is 18.1 Å². The Labute approximate surface area is 212 Å². The average molecular weight is 509 g/mol. The summed E-state index contributed by atoms with van der Waals surface area (Å²) in [5.74, 6) is 0.142. The zero-order valence-corrected chi connectivity index (χ0v) is 20.7. The second-order valence-corrected chi connectivity index (χ2v) is 9.56. The molecule has 0 aliphatic carbocycles. The molecule has 8 heteroatoms. The van der Waals surface area contributed by atoms with E-state index in [-0.39, 0.29) is 18.4 Å². The first-order valence-electron chi connectivity index (χ1n) is 10.6. The van der Waals surface area contributed by atoms with Crippen LogP contribution in [0, 0.1) is 0 Å². The highest BCUT2D eigenvalue weighted by atomic mass is 35.5. The van der Waals surface area contributed by atoms with E-state index < -0.39 is 0 Å². The van der Waals surface area contributed by atoms with Crippen LogP contribution < -0.4 is 15.0 Å². The Morgan fingerprint density at radius 2 is 1.74 bits per heavy atom. The third kappa shape index (κ3) is 5.86. The van der Waals surface area contributed by atoms with Gasteiger partial charge in [0, 0.05) is 10.7 Å². The van der Waals surface area contributed by atoms with Crippen molar-refractivity contribution >= 4 is 69.2 Å². The Morgan fingerprint density at radius 1 is 1.06 bits per heavy atom. The first-order valence-corrected chi connectivity index (χ1v) is 12.2. The van der Waals surface area contributed by atoms with Crippen molar-refractivity contribution in [3.8, 4) is 5.75 Å². The van der Waals surface area contributed by atoms with Gasteiger partial charge in [0.15, 0.2) is 10.9 Å². The predicted molar refractivity (Wildman–Crippen MR) is 143 cm³/mol. The largest absolute Gasteiger partial charge is 0.484 e. The summed E-state index contributed by atoms with van der Waals surface area (Å²) in [6.07, 6.45) is 2.73. The van der Waals surface area contributed by atoms with Crippen LogP contribution in [-0.4, -0.2) is 22.7 Å². The Kier molecular flexibility index (Phi) is 7.67. The van der Waals surface area contributed by atoms with E-state index in [1.54, 1.807) is 42.5 Å². The molecule has 1 fully saturated rings. The number of benzene rings is 3. The lowest BCUT2D eigenvalue weighted by Gasteiger charge is -2.14. The second kappa shape index (κ2) is 10.9. The molecule has 172 valence electrons. The number of ether oxygens (including phenoxy) is 1. The quantitative estimate of drug-likeness (QED) is 0.298. The van der Waals surface area contributed by atoms with Crippen molar-refractivity contribution in [3.05, 3.63) is 93.9 Å². The van der Waals surface area contributed by atoms with Crippen molar-refractivity contribution in [1.29, 1.82) is 0 Å². The molecule has 0 atom stereocenters. The van der Waals surface area contributed by atoms with Gasteiger partial charge in [-0.25, -0.2) is 0 Å². The molecule has 5 nitrogen and oxygen atoms in total. The molecule has 1 saturated heterocycles. The maximum atomic E-state index is 12.9. The fourth-order valence-corrected chi connectivity index (χ4v) is 4.69. The second-order valence-electron chi connectivity index (χ2n) is 7.45. The van der Waals surface area contributed by atoms with Gasteiger partial charge in [-0.2, -0.15) is 0 Å². The number of halogens is 1. The van der Waals surface area contributed by atoms with Crippen LogP contribution in [-0.2, 0) is 16.0 Å². The summed E-state index contributed by atoms with van der Waals surface area (Å²) < 4.78 is 6.05. The van der Waals surface area contributed by atoms with Gasteiger partial charge in [-0.1, -0.05) is 66.8 Å². The van der Waals surface area contributed by atoms with Crippen LogP contribution >= 0.6 is 35.6 Å². The van der Waals surface area contributed by atoms with Crippen molar-refractivity contribution in [2.75, 3.05) is 16.8 Å². The third-order valence-corrected chi connectivity index (χ3v) is 6.63. The number of anilines is 2. The number of carbonyl (C=O) groups excluding carboxylic acids is 2. The van der Waals surface area contributed by atoms with E-state index in [2.05, 4.69) is 12.2 Å². The smallest absolute Gasteiger partial charge is 0.270 e. The van der Waals surface area contributed by atoms with Crippen LogP contribution in [0.25, 0.3) is 6.08 Å². The summed E-state index contributed by atoms with van der Waals surface area (Å²) in [6, 6.07) is 21.9. The molecular weight excluding hydrogens is 488 g/mol. The summed E-state index contributed by atoms with van der Waals surface area (Å²) >= 11 is 12.6. The zero-order chi connectivity index (χ0) is 24.1. The van der Waals surface area contributed by atoms with Gasteiger partial charge in [-0.05, 0) is 72.2 Å². The number of carbonyl (C=O) groups is 2. The van der Waals surface area contributed by atoms with E-state index in [9.17, 15) is 9.59 Å². The molecular formula is C26H21ClN2O3S2. The van der Waals surface area contributed by atoms with Crippen LogP contribution in [0.15, 0.2) is 77.7 Å². The topological polar surface area (TPSA) is 58.6 Å². The summed E-state index contributed by atoms with van der Waals surface area (Å²) in [4.78, 5) is 27.1. The molecule has 2 amide bonds. The van der Waals surface area contributed by atoms with Crippen molar-refractivity contribution in [1.82, 2.24) is 0 Å². The number of thiocarbonyl (C=S) groups is 1. The molecule has 1 aliphatic heterocycles. The van der Waals surface area contributed by atoms with E-state index in [1.165, 1.54) is 22.2 Å². The van der Waals surface area contributed by atoms with Gasteiger partial charge in [0.2, 0.25) is 0 Å². The zero-order valence-electron chi connectivity index (χ0n) is 18.3. The first kappa shape index (κ1) is 24.0. The van der Waals surface area contributed by atoms with Crippen molar-refractivity contribution in [3.63, 3.8) is 0 Å². The predicted octanol–water partition coefficient (Wildman–Crippen LogP) is 6.33. The molecule has 0 aromatic heterocycles. The summed E-state index contributed by atoms with van der Waals surface area (Å²) in [6.45, 7) is 1.98. The maximum absolute atomic E-state index is 12.9. The molecule has 0 unspecified atom stereocenters. The fourth-order valence-electron chi connectivity index (χ4n) is 3.26. The number of hydrogen-bond donors (Lipinski definition) is 1. The molecule has 0 spiro atoms. The molecule has 1 heterocycles. The molecule has 34 heavy (non-hydrogen) atoms. The van der Waals surface area contributed by atoms with E-state index in [1.807, 2.05) is 36.4 Å². The fraction of sp³-hybridized carbons (Fsp3) is 0.115. The highest BCUT2D eigenvalue weighted by Crippen LogP contribution is 2.36. The van der Waals surface area contributed by atoms with Gasteiger partial charge >= 0.3 is 0 Å². The minimum Gasteiger partial charge on any atom is -0.484 e. The van der Waals surface area contributed by atoms with Crippen LogP contribution in [0.3, 0.4) is 0 Å². The molecule has 0 saturated carbocycles. The number of hydrogen-bond acceptors (Lipinski definition) is 5. The van der Waals surface area contributed by atoms with Crippen molar-refractivity contribution in [2.24, 2.45) is 0 Å². The molecule has 3 aromatic rings. The lowest BCUT2D eigenvalue weighted by molar-refractivity contribution is -0.118. The highest BCUT2D eigenvalue weighted by Gasteiger charge is 2.33. The number of amides is 2. The lowest BCUT2D eigenvalue weighted by atomic mass is 10.1. The number of nitrogens with one attached hydrogen (secondary N) is 1. The van der Waals surface area contributed by atoms with Gasteiger partial charge in [-0.3, -0.25) is 14.5 Å². The Hall–Kier alpha value is -3.13. The highest BCUT2D eigenvalue weighted by molar-refractivity contribution is 8.27. The number of thioether (sulfide) groups is 1. The molecule has 1 aliphatic rings. The van der Waals surface area contributed by atoms with E-state index in [4.69, 9.17) is 28.6 Å². The Balaban J connectivity index is 1.35. The Morgan fingerprint density at radius 3 is 2.38 bits per heavy atom. The summed E-state index contributed by atoms with van der Waals surface area (Å²) in [7, 11) is 0. The monoisotopic (exact) mass is 508 g/mol. The summed E-state index contributed by atoms with van der Waals surface area (Å²) in [5, 5.41) is 3.41. The molecule has 3 aromatic carbocycles. The molecule has 1 N–H and O–H groups in total. The number of aryl methyl sites for hydroxylation is 1. The summed E-state index contributed by atoms with van der Waals surface area (Å²) in [5.41, 5.74) is 3.45. The van der Waals surface area contributed by atoms with Crippen LogP contribution in [0.4, 0.5) is 11.4 Å². The third-order valence-electron chi connectivity index (χ3n) is 5.07. The molecule has 0 radical (unpaired) electrons. The standard InChI is InChI=1S/C26H21ClN2O3S2/c1-2-17-3-9-20(10-4-17)28-24(30)16-32-22-13-5-18(6-14-22)15-23-25(31)29(26(33)34-23)21-11-7-19(27)8-12-21/h3-15H,2,16H2,1H3,(H,28,30)/b23-15-. The maximum Gasteiger partial charge on any atom is 0.270 e. The first-order chi connectivity index (χ1) is 16.4. The van der Waals surface area contributed by atoms with Crippen LogP contribution in [0.2, 0.25) is 5.02 Å². The Bertz CT molecular complexity index is 1240. The van der Waals surface area contributed by atoms with E-state index in [0.717, 1.165) is 17.7 Å². The molecule has 4 rings (SSSR count). The van der Waals surface area contributed by atoms with Crippen LogP contribution in [0.5, 0.6) is 5.75 Å². The van der Waals surface area contributed by atoms with Gasteiger partial charge in [0.25, 0.3) is 11.8 Å². The van der Waals surface area contributed by atoms with Gasteiger partial charge in [0.1, 0.15) is 5.75 Å². The number of rotatable bonds is 7. The lowest BCUT2D eigenvalue weighted by Crippen LogP contribution is -2.27. The van der Waals surface area contributed by atoms with E-state index >= 15 is 0 Å². The van der Waals surface area contributed by atoms with E-state index in [0.29, 0.717) is 25.7 Å². The SMILES string of the molecule is CCc1ccc(NC(=O)COc2ccc(/C=C3\SC(=S)N(c4ccc(Cl)cc4)C3=O)cc2)cc1. The number of nitrogens with zero attached hydrogens (tertiary/aromatic N) is 1. The minimum absolute atomic E-state index is 0.103.